The molecule has 0 fully saturated rings. The van der Waals surface area contributed by atoms with E-state index in [4.69, 9.17) is 0 Å². The van der Waals surface area contributed by atoms with Crippen molar-refractivity contribution in [3.63, 3.8) is 0 Å². The van der Waals surface area contributed by atoms with Crippen molar-refractivity contribution in [1.82, 2.24) is 0 Å². The minimum absolute atomic E-state index is 0.0208. The van der Waals surface area contributed by atoms with Gasteiger partial charge < -0.3 is 10.1 Å². The maximum Gasteiger partial charge on any atom is 0.337 e. The van der Waals surface area contributed by atoms with Gasteiger partial charge in [0.1, 0.15) is 0 Å². The second-order valence-electron chi connectivity index (χ2n) is 4.72. The number of benzene rings is 2. The monoisotopic (exact) mass is 314 g/mol. The normalized spacial score (nSPS) is 9.96. The van der Waals surface area contributed by atoms with E-state index in [2.05, 4.69) is 10.1 Å². The Labute approximate surface area is 132 Å². The smallest absolute Gasteiger partial charge is 0.337 e. The van der Waals surface area contributed by atoms with Gasteiger partial charge in [-0.3, -0.25) is 14.9 Å². The van der Waals surface area contributed by atoms with Crippen molar-refractivity contribution in [2.24, 2.45) is 0 Å². The molecule has 7 nitrogen and oxygen atoms in total. The molecule has 0 aliphatic heterocycles. The fourth-order valence-electron chi connectivity index (χ4n) is 1.93. The lowest BCUT2D eigenvalue weighted by molar-refractivity contribution is -0.384. The van der Waals surface area contributed by atoms with E-state index < -0.39 is 10.9 Å². The average Bonchev–Trinajstić information content (AvgIpc) is 2.55. The molecule has 0 bridgehead atoms. The highest BCUT2D eigenvalue weighted by atomic mass is 16.6. The van der Waals surface area contributed by atoms with E-state index in [9.17, 15) is 19.7 Å². The molecule has 23 heavy (non-hydrogen) atoms. The quantitative estimate of drug-likeness (QED) is 0.519. The molecule has 0 heterocycles. The second kappa shape index (κ2) is 7.17. The van der Waals surface area contributed by atoms with Crippen LogP contribution in [-0.2, 0) is 16.0 Å². The van der Waals surface area contributed by atoms with Crippen molar-refractivity contribution < 1.29 is 19.2 Å². The predicted molar refractivity (Wildman–Crippen MR) is 83.2 cm³/mol. The van der Waals surface area contributed by atoms with Gasteiger partial charge in [0.25, 0.3) is 5.69 Å². The summed E-state index contributed by atoms with van der Waals surface area (Å²) in [5, 5.41) is 13.3. The summed E-state index contributed by atoms with van der Waals surface area (Å²) in [6, 6.07) is 12.1. The van der Waals surface area contributed by atoms with Crippen molar-refractivity contribution >= 4 is 23.3 Å². The van der Waals surface area contributed by atoms with Gasteiger partial charge in [-0.2, -0.15) is 0 Å². The summed E-state index contributed by atoms with van der Waals surface area (Å²) < 4.78 is 4.59. The largest absolute Gasteiger partial charge is 0.465 e. The summed E-state index contributed by atoms with van der Waals surface area (Å²) in [6.45, 7) is 0. The topological polar surface area (TPSA) is 98.5 Å². The third kappa shape index (κ3) is 4.37. The van der Waals surface area contributed by atoms with Crippen LogP contribution < -0.4 is 5.32 Å². The highest BCUT2D eigenvalue weighted by Crippen LogP contribution is 2.14. The third-order valence-electron chi connectivity index (χ3n) is 3.10. The van der Waals surface area contributed by atoms with Gasteiger partial charge in [-0.1, -0.05) is 12.1 Å². The molecule has 7 heteroatoms. The van der Waals surface area contributed by atoms with Crippen LogP contribution in [0.15, 0.2) is 48.5 Å². The van der Waals surface area contributed by atoms with E-state index in [1.165, 1.54) is 31.4 Å². The molecule has 0 atom stereocenters. The highest BCUT2D eigenvalue weighted by Gasteiger charge is 2.09. The first-order valence-corrected chi connectivity index (χ1v) is 6.71. The van der Waals surface area contributed by atoms with E-state index in [1.807, 2.05) is 0 Å². The fraction of sp³-hybridized carbons (Fsp3) is 0.125. The Morgan fingerprint density at radius 3 is 2.22 bits per heavy atom. The Morgan fingerprint density at radius 1 is 1.09 bits per heavy atom. The number of carbonyl (C=O) groups is 2. The number of hydrogen-bond acceptors (Lipinski definition) is 5. The average molecular weight is 314 g/mol. The minimum Gasteiger partial charge on any atom is -0.465 e. The van der Waals surface area contributed by atoms with Crippen LogP contribution in [0.25, 0.3) is 0 Å². The van der Waals surface area contributed by atoms with Crippen LogP contribution in [0.3, 0.4) is 0 Å². The molecular formula is C16H14N2O5. The van der Waals surface area contributed by atoms with E-state index in [1.54, 1.807) is 24.3 Å². The van der Waals surface area contributed by atoms with Gasteiger partial charge in [-0.25, -0.2) is 4.79 Å². The molecule has 0 saturated carbocycles. The minimum atomic E-state index is -0.493. The number of amides is 1. The van der Waals surface area contributed by atoms with Crippen LogP contribution in [0.5, 0.6) is 0 Å². The molecule has 1 amide bonds. The maximum atomic E-state index is 11.9. The number of nitro groups is 1. The van der Waals surface area contributed by atoms with Gasteiger partial charge in [0.2, 0.25) is 5.91 Å². The van der Waals surface area contributed by atoms with Gasteiger partial charge in [-0.05, 0) is 29.8 Å². The van der Waals surface area contributed by atoms with Crippen LogP contribution in [0.4, 0.5) is 11.4 Å². The number of non-ortho nitro benzene ring substituents is 1. The molecule has 0 saturated heterocycles. The number of nitro benzene ring substituents is 1. The predicted octanol–water partition coefficient (Wildman–Crippen LogP) is 2.56. The summed E-state index contributed by atoms with van der Waals surface area (Å²) in [4.78, 5) is 33.3. The molecule has 1 N–H and O–H groups in total. The summed E-state index contributed by atoms with van der Waals surface area (Å²) in [6.07, 6.45) is 0.0940. The van der Waals surface area contributed by atoms with Gasteiger partial charge in [-0.15, -0.1) is 0 Å². The lowest BCUT2D eigenvalue weighted by Gasteiger charge is -2.06. The van der Waals surface area contributed by atoms with Crippen LogP contribution >= 0.6 is 0 Å². The molecule has 2 aromatic rings. The number of methoxy groups -OCH3 is 1. The molecular weight excluding hydrogens is 300 g/mol. The van der Waals surface area contributed by atoms with Crippen LogP contribution in [0.2, 0.25) is 0 Å². The molecule has 118 valence electrons. The number of anilines is 1. The summed E-state index contributed by atoms with van der Waals surface area (Å²) in [5.74, 6) is -0.710. The highest BCUT2D eigenvalue weighted by molar-refractivity contribution is 5.94. The molecule has 0 unspecified atom stereocenters. The molecule has 0 aliphatic rings. The van der Waals surface area contributed by atoms with Crippen molar-refractivity contribution in [2.45, 2.75) is 6.42 Å². The number of esters is 1. The van der Waals surface area contributed by atoms with Crippen LogP contribution in [0.1, 0.15) is 15.9 Å². The van der Waals surface area contributed by atoms with Gasteiger partial charge in [0, 0.05) is 17.8 Å². The van der Waals surface area contributed by atoms with Gasteiger partial charge in [0.05, 0.1) is 24.0 Å². The Morgan fingerprint density at radius 2 is 1.70 bits per heavy atom. The number of carbonyl (C=O) groups excluding carboxylic acids is 2. The number of nitrogens with one attached hydrogen (secondary N) is 1. The molecule has 0 aliphatic carbocycles. The molecule has 0 aromatic heterocycles. The first-order valence-electron chi connectivity index (χ1n) is 6.71. The van der Waals surface area contributed by atoms with Gasteiger partial charge in [0.15, 0.2) is 0 Å². The van der Waals surface area contributed by atoms with E-state index >= 15 is 0 Å². The second-order valence-corrected chi connectivity index (χ2v) is 4.72. The standard InChI is InChI=1S/C16H14N2O5/c1-23-16(20)12-4-6-13(7-5-12)17-15(19)10-11-2-8-14(9-3-11)18(21)22/h2-9H,10H2,1H3,(H,17,19). The summed E-state index contributed by atoms with van der Waals surface area (Å²) in [5.41, 5.74) is 1.58. The van der Waals surface area contributed by atoms with E-state index in [0.717, 1.165) is 0 Å². The lowest BCUT2D eigenvalue weighted by Crippen LogP contribution is -2.14. The Hall–Kier alpha value is -3.22. The number of ether oxygens (including phenoxy) is 1. The number of hydrogen-bond donors (Lipinski definition) is 1. The number of rotatable bonds is 5. The molecule has 2 aromatic carbocycles. The summed E-state index contributed by atoms with van der Waals surface area (Å²) >= 11 is 0. The SMILES string of the molecule is COC(=O)c1ccc(NC(=O)Cc2ccc([N+](=O)[O-])cc2)cc1. The van der Waals surface area contributed by atoms with Crippen molar-refractivity contribution in [3.05, 3.63) is 69.8 Å². The first-order chi connectivity index (χ1) is 11.0. The Kier molecular flexibility index (Phi) is 5.03. The zero-order valence-corrected chi connectivity index (χ0v) is 12.3. The molecule has 0 spiro atoms. The number of nitrogens with zero attached hydrogens (tertiary/aromatic N) is 1. The summed E-state index contributed by atoms with van der Waals surface area (Å²) in [7, 11) is 1.29. The Balaban J connectivity index is 1.96. The zero-order chi connectivity index (χ0) is 16.8. The van der Waals surface area contributed by atoms with Crippen LogP contribution in [-0.4, -0.2) is 23.9 Å². The molecule has 2 rings (SSSR count). The van der Waals surface area contributed by atoms with Crippen molar-refractivity contribution in [1.29, 1.82) is 0 Å². The maximum absolute atomic E-state index is 11.9. The molecule has 0 radical (unpaired) electrons. The van der Waals surface area contributed by atoms with Gasteiger partial charge >= 0.3 is 5.97 Å². The zero-order valence-electron chi connectivity index (χ0n) is 12.3. The van der Waals surface area contributed by atoms with E-state index in [-0.39, 0.29) is 18.0 Å². The first kappa shape index (κ1) is 16.2. The fourth-order valence-corrected chi connectivity index (χ4v) is 1.93. The van der Waals surface area contributed by atoms with Crippen molar-refractivity contribution in [2.75, 3.05) is 12.4 Å². The van der Waals surface area contributed by atoms with Crippen LogP contribution in [0, 0.1) is 10.1 Å². The third-order valence-corrected chi connectivity index (χ3v) is 3.10. The Bertz CT molecular complexity index is 723. The van der Waals surface area contributed by atoms with Crippen molar-refractivity contribution in [3.8, 4) is 0 Å². The van der Waals surface area contributed by atoms with E-state index in [0.29, 0.717) is 16.8 Å². The lowest BCUT2D eigenvalue weighted by atomic mass is 10.1.